The van der Waals surface area contributed by atoms with Gasteiger partial charge in [0.2, 0.25) is 0 Å². The lowest BCUT2D eigenvalue weighted by atomic mass is 10.0. The number of anilines is 3. The summed E-state index contributed by atoms with van der Waals surface area (Å²) in [5.41, 5.74) is 8.62. The molecule has 0 bridgehead atoms. The fourth-order valence-corrected chi connectivity index (χ4v) is 6.32. The second-order valence-electron chi connectivity index (χ2n) is 10.2. The number of fused-ring (bicyclic) bond motifs is 6. The lowest BCUT2D eigenvalue weighted by Crippen LogP contribution is -2.10. The van der Waals surface area contributed by atoms with Crippen molar-refractivity contribution in [3.05, 3.63) is 139 Å². The molecule has 7 aromatic rings. The summed E-state index contributed by atoms with van der Waals surface area (Å²) in [6, 6.07) is 42.9. The van der Waals surface area contributed by atoms with Gasteiger partial charge in [0.15, 0.2) is 0 Å². The molecule has 3 nitrogen and oxygen atoms in total. The van der Waals surface area contributed by atoms with Gasteiger partial charge in [-0.1, -0.05) is 72.8 Å². The Bertz CT molecular complexity index is 2050. The van der Waals surface area contributed by atoms with Gasteiger partial charge in [0.1, 0.15) is 11.3 Å². The predicted molar refractivity (Wildman–Crippen MR) is 167 cm³/mol. The third-order valence-electron chi connectivity index (χ3n) is 7.86. The van der Waals surface area contributed by atoms with Crippen LogP contribution in [0.15, 0.2) is 132 Å². The minimum atomic E-state index is -0.136. The zero-order valence-corrected chi connectivity index (χ0v) is 22.4. The smallest absolute Gasteiger partial charge is 0.137 e. The minimum absolute atomic E-state index is 0.136. The molecule has 0 spiro atoms. The van der Waals surface area contributed by atoms with Crippen LogP contribution in [0.5, 0.6) is 0 Å². The van der Waals surface area contributed by atoms with Crippen molar-refractivity contribution < 1.29 is 4.42 Å². The minimum Gasteiger partial charge on any atom is -0.459 e. The van der Waals surface area contributed by atoms with E-state index in [1.807, 2.05) is 0 Å². The standard InChI is InChI=1S/C36H25ClN2O/c37-32-16-9-15-31-30-21-19-27(23-35(30)40-36(31)32)38(24-10-3-1-4-11-24)26-18-20-29-28-14-7-8-17-33(28)39(34(29)22-26)25-12-5-2-6-13-25/h1-15,17-23,32H,16H2. The number of hydrogen-bond donors (Lipinski definition) is 0. The summed E-state index contributed by atoms with van der Waals surface area (Å²) in [4.78, 5) is 2.29. The number of benzene rings is 5. The third kappa shape index (κ3) is 3.59. The molecule has 0 fully saturated rings. The van der Waals surface area contributed by atoms with Gasteiger partial charge in [0, 0.05) is 50.5 Å². The van der Waals surface area contributed by atoms with Gasteiger partial charge in [-0.25, -0.2) is 0 Å². The average molecular weight is 537 g/mol. The second-order valence-corrected chi connectivity index (χ2v) is 10.8. The number of aromatic nitrogens is 1. The SMILES string of the molecule is ClC1CC=Cc2c1oc1cc(N(c3ccccc3)c3ccc4c5ccccc5n(-c5ccccc5)c4c3)ccc21. The van der Waals surface area contributed by atoms with Crippen LogP contribution < -0.4 is 4.90 Å². The molecule has 0 saturated heterocycles. The summed E-state index contributed by atoms with van der Waals surface area (Å²) in [7, 11) is 0. The van der Waals surface area contributed by atoms with Crippen LogP contribution in [-0.2, 0) is 0 Å². The Hall–Kier alpha value is -4.73. The first-order valence-electron chi connectivity index (χ1n) is 13.6. The van der Waals surface area contributed by atoms with Gasteiger partial charge in [-0.3, -0.25) is 0 Å². The van der Waals surface area contributed by atoms with E-state index in [4.69, 9.17) is 16.0 Å². The molecule has 1 unspecified atom stereocenters. The Balaban J connectivity index is 1.36. The number of halogens is 1. The topological polar surface area (TPSA) is 21.3 Å². The quantitative estimate of drug-likeness (QED) is 0.209. The Morgan fingerprint density at radius 2 is 1.32 bits per heavy atom. The molecule has 2 aromatic heterocycles. The zero-order valence-electron chi connectivity index (χ0n) is 21.7. The molecule has 5 aromatic carbocycles. The largest absolute Gasteiger partial charge is 0.459 e. The van der Waals surface area contributed by atoms with Gasteiger partial charge in [-0.2, -0.15) is 0 Å². The van der Waals surface area contributed by atoms with Crippen molar-refractivity contribution in [3.8, 4) is 5.69 Å². The summed E-state index contributed by atoms with van der Waals surface area (Å²) in [5.74, 6) is 0.858. The van der Waals surface area contributed by atoms with Crippen LogP contribution in [0.2, 0.25) is 0 Å². The summed E-state index contributed by atoms with van der Waals surface area (Å²) >= 11 is 6.61. The van der Waals surface area contributed by atoms with Gasteiger partial charge in [0.05, 0.1) is 16.4 Å². The van der Waals surface area contributed by atoms with Crippen molar-refractivity contribution in [1.82, 2.24) is 4.57 Å². The van der Waals surface area contributed by atoms with Crippen LogP contribution in [0.4, 0.5) is 17.1 Å². The molecule has 1 aliphatic rings. The predicted octanol–water partition coefficient (Wildman–Crippen LogP) is 10.7. The molecule has 0 aliphatic heterocycles. The highest BCUT2D eigenvalue weighted by atomic mass is 35.5. The molecule has 4 heteroatoms. The highest BCUT2D eigenvalue weighted by molar-refractivity contribution is 6.21. The van der Waals surface area contributed by atoms with Crippen molar-refractivity contribution >= 4 is 67.5 Å². The first-order chi connectivity index (χ1) is 19.8. The Labute approximate surface area is 237 Å². The van der Waals surface area contributed by atoms with Crippen molar-refractivity contribution in [2.45, 2.75) is 11.8 Å². The maximum atomic E-state index is 6.61. The number of furan rings is 1. The molecule has 8 rings (SSSR count). The van der Waals surface area contributed by atoms with Gasteiger partial charge in [0.25, 0.3) is 0 Å². The van der Waals surface area contributed by atoms with E-state index in [2.05, 4.69) is 143 Å². The Morgan fingerprint density at radius 1 is 0.650 bits per heavy atom. The van der Waals surface area contributed by atoms with E-state index < -0.39 is 0 Å². The van der Waals surface area contributed by atoms with E-state index in [1.54, 1.807) is 0 Å². The molecular weight excluding hydrogens is 512 g/mol. The molecule has 0 N–H and O–H groups in total. The number of hydrogen-bond acceptors (Lipinski definition) is 2. The number of nitrogens with zero attached hydrogens (tertiary/aromatic N) is 2. The Morgan fingerprint density at radius 3 is 2.15 bits per heavy atom. The lowest BCUT2D eigenvalue weighted by molar-refractivity contribution is 0.539. The van der Waals surface area contributed by atoms with Gasteiger partial charge in [-0.05, 0) is 61.0 Å². The molecule has 40 heavy (non-hydrogen) atoms. The highest BCUT2D eigenvalue weighted by Crippen LogP contribution is 2.43. The van der Waals surface area contributed by atoms with E-state index in [0.717, 1.165) is 57.0 Å². The third-order valence-corrected chi connectivity index (χ3v) is 8.23. The van der Waals surface area contributed by atoms with Crippen molar-refractivity contribution in [3.63, 3.8) is 0 Å². The molecule has 0 radical (unpaired) electrons. The zero-order chi connectivity index (χ0) is 26.6. The summed E-state index contributed by atoms with van der Waals surface area (Å²) in [6.07, 6.45) is 5.04. The number of para-hydroxylation sites is 3. The second kappa shape index (κ2) is 9.18. The van der Waals surface area contributed by atoms with Gasteiger partial charge >= 0.3 is 0 Å². The normalized spacial score (nSPS) is 14.7. The number of allylic oxidation sites excluding steroid dienone is 1. The summed E-state index contributed by atoms with van der Waals surface area (Å²) < 4.78 is 8.69. The van der Waals surface area contributed by atoms with Crippen molar-refractivity contribution in [1.29, 1.82) is 0 Å². The molecule has 0 saturated carbocycles. The maximum absolute atomic E-state index is 6.61. The molecular formula is C36H25ClN2O. The van der Waals surface area contributed by atoms with Crippen molar-refractivity contribution in [2.24, 2.45) is 0 Å². The maximum Gasteiger partial charge on any atom is 0.137 e. The summed E-state index contributed by atoms with van der Waals surface area (Å²) in [5, 5.41) is 3.42. The monoisotopic (exact) mass is 536 g/mol. The van der Waals surface area contributed by atoms with Crippen LogP contribution in [0, 0.1) is 0 Å². The van der Waals surface area contributed by atoms with Crippen LogP contribution in [0.1, 0.15) is 23.1 Å². The van der Waals surface area contributed by atoms with Crippen LogP contribution in [0.25, 0.3) is 44.5 Å². The number of rotatable bonds is 4. The van der Waals surface area contributed by atoms with E-state index in [-0.39, 0.29) is 5.38 Å². The van der Waals surface area contributed by atoms with Crippen LogP contribution in [-0.4, -0.2) is 4.57 Å². The molecule has 2 heterocycles. The van der Waals surface area contributed by atoms with Gasteiger partial charge < -0.3 is 13.9 Å². The average Bonchev–Trinajstić information content (AvgIpc) is 3.54. The van der Waals surface area contributed by atoms with E-state index in [1.165, 1.54) is 16.3 Å². The van der Waals surface area contributed by atoms with E-state index >= 15 is 0 Å². The summed E-state index contributed by atoms with van der Waals surface area (Å²) in [6.45, 7) is 0. The fraction of sp³-hybridized carbons (Fsp3) is 0.0556. The number of alkyl halides is 1. The van der Waals surface area contributed by atoms with E-state index in [0.29, 0.717) is 0 Å². The van der Waals surface area contributed by atoms with Crippen LogP contribution >= 0.6 is 11.6 Å². The van der Waals surface area contributed by atoms with Crippen LogP contribution in [0.3, 0.4) is 0 Å². The molecule has 1 aliphatic carbocycles. The van der Waals surface area contributed by atoms with E-state index in [9.17, 15) is 0 Å². The molecule has 1 atom stereocenters. The lowest BCUT2D eigenvalue weighted by Gasteiger charge is -2.25. The molecule has 0 amide bonds. The van der Waals surface area contributed by atoms with Crippen molar-refractivity contribution in [2.75, 3.05) is 4.90 Å². The first kappa shape index (κ1) is 23.2. The van der Waals surface area contributed by atoms with Gasteiger partial charge in [-0.15, -0.1) is 11.6 Å². The fourth-order valence-electron chi connectivity index (χ4n) is 6.06. The Kier molecular flexibility index (Phi) is 5.32. The highest BCUT2D eigenvalue weighted by Gasteiger charge is 2.23. The molecule has 192 valence electrons. The first-order valence-corrected chi connectivity index (χ1v) is 14.0.